The quantitative estimate of drug-likeness (QED) is 0.307. The lowest BCUT2D eigenvalue weighted by Crippen LogP contribution is -2.33. The molecular formula is C10H13N5O9P. The predicted octanol–water partition coefficient (Wildman–Crippen LogP) is -2.43. The molecule has 1 aliphatic rings. The molecule has 0 aliphatic carbocycles. The van der Waals surface area contributed by atoms with Crippen LogP contribution in [0.1, 0.15) is 6.23 Å². The summed E-state index contributed by atoms with van der Waals surface area (Å²) in [6.45, 7) is -0.754. The standard InChI is InChI=1S/C10H13N5O9P/c11-9-13-6-3(7(18)14-9)12-10(19)15(6)8-5(17)4(16)2(24-8)1-23-25(20,21)22/h2,4-5,8,16-17H,1H2,(H2,20,21,22)(H3,11,13,14,18)/t2-,4-,5-,8-/m1/s1. The van der Waals surface area contributed by atoms with Crippen molar-refractivity contribution in [2.45, 2.75) is 24.5 Å². The van der Waals surface area contributed by atoms with E-state index in [0.29, 0.717) is 4.57 Å². The second kappa shape index (κ2) is 6.03. The van der Waals surface area contributed by atoms with Crippen LogP contribution in [0.15, 0.2) is 4.79 Å². The molecule has 4 atom stereocenters. The molecule has 2 aromatic heterocycles. The van der Waals surface area contributed by atoms with Gasteiger partial charge in [-0.05, 0) is 0 Å². The number of nitrogens with two attached hydrogens (primary N) is 1. The molecule has 0 amide bonds. The molecule has 2 aromatic rings. The predicted molar refractivity (Wildman–Crippen MR) is 76.6 cm³/mol. The molecule has 1 aliphatic heterocycles. The van der Waals surface area contributed by atoms with Crippen LogP contribution in [-0.2, 0) is 18.9 Å². The first-order valence-corrected chi connectivity index (χ1v) is 8.28. The number of nitrogens with zero attached hydrogens (tertiary/aromatic N) is 3. The van der Waals surface area contributed by atoms with E-state index in [1.807, 2.05) is 0 Å². The number of aromatic nitrogens is 4. The maximum absolute atomic E-state index is 12.1. The Morgan fingerprint density at radius 2 is 2.00 bits per heavy atom. The molecule has 25 heavy (non-hydrogen) atoms. The first kappa shape index (κ1) is 17.8. The maximum Gasteiger partial charge on any atom is 0.469 e. The second-order valence-electron chi connectivity index (χ2n) is 5.22. The van der Waals surface area contributed by atoms with Gasteiger partial charge in [-0.25, -0.2) is 14.2 Å². The Morgan fingerprint density at radius 3 is 2.64 bits per heavy atom. The summed E-state index contributed by atoms with van der Waals surface area (Å²) >= 11 is 0. The number of aliphatic hydroxyl groups excluding tert-OH is 2. The number of hydrogen-bond acceptors (Lipinski definition) is 9. The Kier molecular flexibility index (Phi) is 4.28. The largest absolute Gasteiger partial charge is 0.469 e. The molecule has 1 saturated heterocycles. The number of phosphoric ester groups is 1. The van der Waals surface area contributed by atoms with Gasteiger partial charge in [0.05, 0.1) is 6.61 Å². The van der Waals surface area contributed by atoms with E-state index in [1.54, 1.807) is 0 Å². The van der Waals surface area contributed by atoms with Crippen LogP contribution in [-0.4, -0.2) is 64.4 Å². The fourth-order valence-corrected chi connectivity index (χ4v) is 2.80. The highest BCUT2D eigenvalue weighted by atomic mass is 31.2. The molecule has 7 N–H and O–H groups in total. The van der Waals surface area contributed by atoms with Crippen LogP contribution in [0.5, 0.6) is 6.01 Å². The molecular weight excluding hydrogens is 365 g/mol. The van der Waals surface area contributed by atoms with Gasteiger partial charge in [0.15, 0.2) is 17.4 Å². The van der Waals surface area contributed by atoms with E-state index in [0.717, 1.165) is 0 Å². The summed E-state index contributed by atoms with van der Waals surface area (Å²) in [7, 11) is -4.83. The van der Waals surface area contributed by atoms with Crippen LogP contribution in [0.3, 0.4) is 0 Å². The van der Waals surface area contributed by atoms with E-state index in [1.165, 1.54) is 0 Å². The summed E-state index contributed by atoms with van der Waals surface area (Å²) in [6, 6.07) is -0.994. The molecule has 0 aromatic carbocycles. The molecule has 1 radical (unpaired) electrons. The molecule has 3 rings (SSSR count). The number of aromatic amines is 1. The van der Waals surface area contributed by atoms with Crippen LogP contribution in [0, 0.1) is 0 Å². The van der Waals surface area contributed by atoms with Crippen LogP contribution >= 0.6 is 7.82 Å². The highest BCUT2D eigenvalue weighted by Gasteiger charge is 2.46. The number of anilines is 1. The van der Waals surface area contributed by atoms with Crippen LogP contribution in [0.2, 0.25) is 0 Å². The zero-order chi connectivity index (χ0) is 18.5. The third-order valence-corrected chi connectivity index (χ3v) is 4.02. The van der Waals surface area contributed by atoms with Crippen molar-refractivity contribution in [2.24, 2.45) is 0 Å². The monoisotopic (exact) mass is 378 g/mol. The first-order valence-electron chi connectivity index (χ1n) is 6.75. The van der Waals surface area contributed by atoms with E-state index >= 15 is 0 Å². The summed E-state index contributed by atoms with van der Waals surface area (Å²) in [5.74, 6) is -0.312. The average molecular weight is 378 g/mol. The van der Waals surface area contributed by atoms with Crippen molar-refractivity contribution in [1.82, 2.24) is 19.5 Å². The fourth-order valence-electron chi connectivity index (χ4n) is 2.46. The minimum absolute atomic E-state index is 0.279. The Hall–Kier alpha value is -2.06. The van der Waals surface area contributed by atoms with Gasteiger partial charge < -0.3 is 30.5 Å². The van der Waals surface area contributed by atoms with Crippen LogP contribution < -0.4 is 11.3 Å². The van der Waals surface area contributed by atoms with E-state index in [-0.39, 0.29) is 17.1 Å². The van der Waals surface area contributed by atoms with Gasteiger partial charge in [0.1, 0.15) is 18.3 Å². The highest BCUT2D eigenvalue weighted by Crippen LogP contribution is 2.39. The normalized spacial score (nSPS) is 27.2. The van der Waals surface area contributed by atoms with Crippen molar-refractivity contribution in [3.63, 3.8) is 0 Å². The van der Waals surface area contributed by atoms with Crippen molar-refractivity contribution >= 4 is 24.9 Å². The zero-order valence-electron chi connectivity index (χ0n) is 12.2. The Labute approximate surface area is 137 Å². The number of nitrogen functional groups attached to an aromatic ring is 1. The van der Waals surface area contributed by atoms with Gasteiger partial charge in [0, 0.05) is 0 Å². The fraction of sp³-hybridized carbons (Fsp3) is 0.500. The minimum atomic E-state index is -4.83. The minimum Gasteiger partial charge on any atom is -0.387 e. The third-order valence-electron chi connectivity index (χ3n) is 3.54. The van der Waals surface area contributed by atoms with Gasteiger partial charge in [-0.15, -0.1) is 0 Å². The summed E-state index contributed by atoms with van der Waals surface area (Å²) in [5, 5.41) is 32.1. The zero-order valence-corrected chi connectivity index (χ0v) is 13.1. The Bertz CT molecular complexity index is 906. The van der Waals surface area contributed by atoms with Crippen molar-refractivity contribution in [3.8, 4) is 6.01 Å². The number of phosphoric acid groups is 1. The lowest BCUT2D eigenvalue weighted by Gasteiger charge is -2.16. The lowest BCUT2D eigenvalue weighted by atomic mass is 10.1. The molecule has 14 nitrogen and oxygen atoms in total. The topological polar surface area (TPSA) is 226 Å². The molecule has 0 bridgehead atoms. The summed E-state index contributed by atoms with van der Waals surface area (Å²) < 4.78 is 20.9. The molecule has 137 valence electrons. The highest BCUT2D eigenvalue weighted by molar-refractivity contribution is 7.46. The van der Waals surface area contributed by atoms with Crippen molar-refractivity contribution in [1.29, 1.82) is 0 Å². The Balaban J connectivity index is 1.97. The number of nitrogens with one attached hydrogen (secondary N) is 1. The SMILES string of the molecule is Nc1nc2c(nc([O])n2[C@@H]2O[C@H](COP(=O)(O)O)[C@@H](O)[C@H]2O)c(=O)[nH]1. The molecule has 1 fully saturated rings. The molecule has 15 heteroatoms. The van der Waals surface area contributed by atoms with Crippen molar-refractivity contribution < 1.29 is 38.9 Å². The number of ether oxygens (including phenoxy) is 1. The molecule has 0 unspecified atom stereocenters. The third kappa shape index (κ3) is 3.23. The summed E-state index contributed by atoms with van der Waals surface area (Å²) in [6.07, 6.45) is -6.19. The number of rotatable bonds is 4. The summed E-state index contributed by atoms with van der Waals surface area (Å²) in [5.41, 5.74) is 4.01. The van der Waals surface area contributed by atoms with Crippen LogP contribution in [0.25, 0.3) is 11.2 Å². The second-order valence-corrected chi connectivity index (χ2v) is 6.46. The average Bonchev–Trinajstić information content (AvgIpc) is 2.95. The number of H-pyrrole nitrogens is 1. The van der Waals surface area contributed by atoms with Gasteiger partial charge in [-0.1, -0.05) is 0 Å². The van der Waals surface area contributed by atoms with Gasteiger partial charge in [-0.2, -0.15) is 9.97 Å². The van der Waals surface area contributed by atoms with E-state index < -0.39 is 50.5 Å². The van der Waals surface area contributed by atoms with Gasteiger partial charge in [0.25, 0.3) is 5.56 Å². The Morgan fingerprint density at radius 1 is 1.32 bits per heavy atom. The van der Waals surface area contributed by atoms with Gasteiger partial charge in [0.2, 0.25) is 5.95 Å². The molecule has 0 spiro atoms. The summed E-state index contributed by atoms with van der Waals surface area (Å²) in [4.78, 5) is 38.5. The van der Waals surface area contributed by atoms with Gasteiger partial charge in [-0.3, -0.25) is 14.3 Å². The smallest absolute Gasteiger partial charge is 0.387 e. The number of fused-ring (bicyclic) bond motifs is 1. The van der Waals surface area contributed by atoms with E-state index in [4.69, 9.17) is 20.3 Å². The molecule has 3 heterocycles. The lowest BCUT2D eigenvalue weighted by molar-refractivity contribution is -0.0543. The van der Waals surface area contributed by atoms with Crippen molar-refractivity contribution in [2.75, 3.05) is 12.3 Å². The van der Waals surface area contributed by atoms with Gasteiger partial charge >= 0.3 is 13.8 Å². The number of imidazole rings is 1. The van der Waals surface area contributed by atoms with Crippen LogP contribution in [0.4, 0.5) is 5.95 Å². The number of aliphatic hydroxyl groups is 2. The van der Waals surface area contributed by atoms with Crippen molar-refractivity contribution in [3.05, 3.63) is 10.4 Å². The first-order chi connectivity index (χ1) is 11.6. The van der Waals surface area contributed by atoms with E-state index in [2.05, 4.69) is 19.5 Å². The molecule has 0 saturated carbocycles. The van der Waals surface area contributed by atoms with E-state index in [9.17, 15) is 24.7 Å². The number of hydrogen-bond donors (Lipinski definition) is 6. The maximum atomic E-state index is 12.1.